The van der Waals surface area contributed by atoms with Crippen molar-refractivity contribution in [3.63, 3.8) is 0 Å². The molecule has 0 aromatic heterocycles. The van der Waals surface area contributed by atoms with Crippen LogP contribution in [0.3, 0.4) is 0 Å². The van der Waals surface area contributed by atoms with Gasteiger partial charge in [-0.1, -0.05) is 72.8 Å². The lowest BCUT2D eigenvalue weighted by Gasteiger charge is -2.08. The smallest absolute Gasteiger partial charge is 0.193 e. The summed E-state index contributed by atoms with van der Waals surface area (Å²) in [6.45, 7) is 0. The first-order chi connectivity index (χ1) is 12.7. The van der Waals surface area contributed by atoms with Crippen LogP contribution in [0.1, 0.15) is 31.8 Å². The Labute approximate surface area is 151 Å². The maximum absolute atomic E-state index is 13.0. The minimum Gasteiger partial charge on any atom is -0.289 e. The van der Waals surface area contributed by atoms with Crippen molar-refractivity contribution >= 4 is 17.1 Å². The molecule has 0 heterocycles. The summed E-state index contributed by atoms with van der Waals surface area (Å²) in [6, 6.07) is 26.3. The number of Topliss-reactive ketones (excluding diaryl/α,β-unsaturated/α-hetero) is 1. The zero-order valence-electron chi connectivity index (χ0n) is 13.9. The van der Waals surface area contributed by atoms with Crippen LogP contribution in [0.2, 0.25) is 0 Å². The highest BCUT2D eigenvalue weighted by atomic mass is 16.1. The van der Waals surface area contributed by atoms with Crippen molar-refractivity contribution in [2.45, 2.75) is 0 Å². The molecule has 0 aliphatic rings. The van der Waals surface area contributed by atoms with E-state index in [1.807, 2.05) is 18.2 Å². The minimum absolute atomic E-state index is 0.236. The molecular formula is C23H15NO2. The molecule has 0 spiro atoms. The van der Waals surface area contributed by atoms with Crippen LogP contribution < -0.4 is 0 Å². The molecule has 0 aliphatic heterocycles. The maximum Gasteiger partial charge on any atom is 0.193 e. The fourth-order valence-electron chi connectivity index (χ4n) is 2.57. The number of hydrogen-bond donors (Lipinski definition) is 0. The third kappa shape index (κ3) is 3.82. The predicted octanol–water partition coefficient (Wildman–Crippen LogP) is 4.71. The van der Waals surface area contributed by atoms with Gasteiger partial charge in [-0.25, -0.2) is 0 Å². The van der Waals surface area contributed by atoms with Gasteiger partial charge in [-0.2, -0.15) is 5.26 Å². The Morgan fingerprint density at radius 3 is 1.77 bits per heavy atom. The fourth-order valence-corrected chi connectivity index (χ4v) is 2.57. The summed E-state index contributed by atoms with van der Waals surface area (Å²) >= 11 is 0. The van der Waals surface area contributed by atoms with Crippen molar-refractivity contribution in [3.8, 4) is 6.07 Å². The van der Waals surface area contributed by atoms with Crippen LogP contribution in [0.25, 0.3) is 5.57 Å². The van der Waals surface area contributed by atoms with E-state index in [2.05, 4.69) is 0 Å². The van der Waals surface area contributed by atoms with E-state index in [4.69, 9.17) is 5.26 Å². The summed E-state index contributed by atoms with van der Waals surface area (Å²) in [5, 5.41) is 8.96. The molecule has 26 heavy (non-hydrogen) atoms. The fraction of sp³-hybridized carbons (Fsp3) is 0. The summed E-state index contributed by atoms with van der Waals surface area (Å²) in [5.41, 5.74) is 2.41. The van der Waals surface area contributed by atoms with Crippen molar-refractivity contribution in [2.75, 3.05) is 0 Å². The molecule has 0 unspecified atom stereocenters. The van der Waals surface area contributed by atoms with Crippen LogP contribution in [0, 0.1) is 11.3 Å². The molecule has 124 valence electrons. The number of allylic oxidation sites excluding steroid dienone is 2. The third-order valence-electron chi connectivity index (χ3n) is 3.94. The van der Waals surface area contributed by atoms with E-state index in [1.165, 1.54) is 6.08 Å². The first kappa shape index (κ1) is 17.1. The molecule has 0 fully saturated rings. The molecule has 0 amide bonds. The first-order valence-electron chi connectivity index (χ1n) is 8.10. The predicted molar refractivity (Wildman–Crippen MR) is 101 cm³/mol. The number of benzene rings is 3. The van der Waals surface area contributed by atoms with Gasteiger partial charge in [-0.3, -0.25) is 9.59 Å². The Morgan fingerprint density at radius 2 is 1.23 bits per heavy atom. The molecule has 3 nitrogen and oxygen atoms in total. The van der Waals surface area contributed by atoms with E-state index >= 15 is 0 Å². The molecule has 3 rings (SSSR count). The van der Waals surface area contributed by atoms with Gasteiger partial charge < -0.3 is 0 Å². The first-order valence-corrected chi connectivity index (χ1v) is 8.10. The average Bonchev–Trinajstić information content (AvgIpc) is 2.73. The number of rotatable bonds is 5. The van der Waals surface area contributed by atoms with Crippen LogP contribution in [-0.2, 0) is 0 Å². The lowest BCUT2D eigenvalue weighted by molar-refractivity contribution is 0.102. The van der Waals surface area contributed by atoms with Crippen LogP contribution in [-0.4, -0.2) is 11.6 Å². The average molecular weight is 337 g/mol. The molecule has 3 aromatic rings. The second kappa shape index (κ2) is 7.87. The number of hydrogen-bond acceptors (Lipinski definition) is 3. The summed E-state index contributed by atoms with van der Waals surface area (Å²) < 4.78 is 0. The van der Waals surface area contributed by atoms with Crippen LogP contribution >= 0.6 is 0 Å². The highest BCUT2D eigenvalue weighted by Crippen LogP contribution is 2.21. The highest BCUT2D eigenvalue weighted by Gasteiger charge is 2.16. The van der Waals surface area contributed by atoms with Gasteiger partial charge in [0.05, 0.1) is 11.6 Å². The van der Waals surface area contributed by atoms with Crippen LogP contribution in [0.4, 0.5) is 0 Å². The van der Waals surface area contributed by atoms with Gasteiger partial charge in [0.15, 0.2) is 11.6 Å². The summed E-state index contributed by atoms with van der Waals surface area (Å²) in [7, 11) is 0. The molecule has 0 atom stereocenters. The standard InChI is InChI=1S/C23H15NO2/c24-16-17-11-13-18(14-12-17)21(23(26)20-9-5-2-6-10-20)15-22(25)19-7-3-1-4-8-19/h1-15H/b21-15+. The second-order valence-corrected chi connectivity index (χ2v) is 5.67. The van der Waals surface area contributed by atoms with Gasteiger partial charge in [0.25, 0.3) is 0 Å². The SMILES string of the molecule is N#Cc1ccc(/C(=C\C(=O)c2ccccc2)C(=O)c2ccccc2)cc1. The summed E-state index contributed by atoms with van der Waals surface area (Å²) in [5.74, 6) is -0.478. The third-order valence-corrected chi connectivity index (χ3v) is 3.94. The number of carbonyl (C=O) groups excluding carboxylic acids is 2. The van der Waals surface area contributed by atoms with Gasteiger partial charge in [-0.15, -0.1) is 0 Å². The van der Waals surface area contributed by atoms with E-state index < -0.39 is 0 Å². The molecule has 0 bridgehead atoms. The van der Waals surface area contributed by atoms with E-state index in [9.17, 15) is 9.59 Å². The van der Waals surface area contributed by atoms with E-state index in [1.54, 1.807) is 72.8 Å². The zero-order chi connectivity index (χ0) is 18.4. The lowest BCUT2D eigenvalue weighted by Crippen LogP contribution is -2.06. The van der Waals surface area contributed by atoms with Crippen molar-refractivity contribution in [1.82, 2.24) is 0 Å². The number of carbonyl (C=O) groups is 2. The Bertz CT molecular complexity index is 996. The van der Waals surface area contributed by atoms with E-state index in [0.717, 1.165) is 0 Å². The normalized spacial score (nSPS) is 10.8. The molecule has 0 N–H and O–H groups in total. The molecule has 0 saturated carbocycles. The Balaban J connectivity index is 2.06. The summed E-state index contributed by atoms with van der Waals surface area (Å²) in [6.07, 6.45) is 1.37. The lowest BCUT2D eigenvalue weighted by atomic mass is 9.94. The molecule has 0 aliphatic carbocycles. The number of nitriles is 1. The zero-order valence-corrected chi connectivity index (χ0v) is 13.9. The maximum atomic E-state index is 13.0. The molecular weight excluding hydrogens is 322 g/mol. The van der Waals surface area contributed by atoms with Gasteiger partial charge in [0, 0.05) is 16.7 Å². The second-order valence-electron chi connectivity index (χ2n) is 5.67. The Morgan fingerprint density at radius 1 is 0.692 bits per heavy atom. The minimum atomic E-state index is -0.241. The van der Waals surface area contributed by atoms with Gasteiger partial charge >= 0.3 is 0 Å². The van der Waals surface area contributed by atoms with Crippen molar-refractivity contribution < 1.29 is 9.59 Å². The van der Waals surface area contributed by atoms with E-state index in [-0.39, 0.29) is 11.6 Å². The molecule has 0 radical (unpaired) electrons. The molecule has 0 saturated heterocycles. The largest absolute Gasteiger partial charge is 0.289 e. The van der Waals surface area contributed by atoms with Crippen LogP contribution in [0.15, 0.2) is 91.0 Å². The Kier molecular flexibility index (Phi) is 5.16. The van der Waals surface area contributed by atoms with Crippen molar-refractivity contribution in [2.24, 2.45) is 0 Å². The van der Waals surface area contributed by atoms with Crippen molar-refractivity contribution in [3.05, 3.63) is 113 Å². The molecule has 3 heteroatoms. The number of nitrogens with zero attached hydrogens (tertiary/aromatic N) is 1. The monoisotopic (exact) mass is 337 g/mol. The van der Waals surface area contributed by atoms with Gasteiger partial charge in [-0.05, 0) is 23.8 Å². The highest BCUT2D eigenvalue weighted by molar-refractivity contribution is 6.32. The summed E-state index contributed by atoms with van der Waals surface area (Å²) in [4.78, 5) is 25.6. The topological polar surface area (TPSA) is 57.9 Å². The Hall–Kier alpha value is -3.77. The van der Waals surface area contributed by atoms with Crippen LogP contribution in [0.5, 0.6) is 0 Å². The van der Waals surface area contributed by atoms with Gasteiger partial charge in [0.2, 0.25) is 0 Å². The van der Waals surface area contributed by atoms with Crippen molar-refractivity contribution in [1.29, 1.82) is 5.26 Å². The number of ketones is 2. The quantitative estimate of drug-likeness (QED) is 0.500. The molecule has 3 aromatic carbocycles. The van der Waals surface area contributed by atoms with Gasteiger partial charge in [0.1, 0.15) is 0 Å². The van der Waals surface area contributed by atoms with E-state index in [0.29, 0.717) is 27.8 Å².